The Hall–Kier alpha value is -1.73. The van der Waals surface area contributed by atoms with Gasteiger partial charge in [-0.25, -0.2) is 0 Å². The maximum absolute atomic E-state index is 13.4. The van der Waals surface area contributed by atoms with E-state index in [4.69, 9.17) is 28.4 Å². The SMILES string of the molecule is CCCCCCCCC/C=C/CC/C=C/C(O)C(COC1OC(CO)C(OC2OC(CO)C(OC3OC(CO)C(O)C(O)C3O)C(O)C2O)C(O)C1O)NC(=O)CCCCCCCCCCCCCCCCCCCCCCCCCCCCCCCCCCCCC. The Balaban J connectivity index is 1.31. The first-order chi connectivity index (χ1) is 45.3. The van der Waals surface area contributed by atoms with Gasteiger partial charge in [-0.1, -0.05) is 295 Å². The molecular weight excluding hydrogens is 1190 g/mol. The van der Waals surface area contributed by atoms with Crippen molar-refractivity contribution in [2.24, 2.45) is 0 Å². The summed E-state index contributed by atoms with van der Waals surface area (Å²) < 4.78 is 34.3. The molecule has 0 aromatic carbocycles. The molecule has 3 saturated heterocycles. The number of aliphatic hydroxyl groups excluding tert-OH is 11. The van der Waals surface area contributed by atoms with E-state index in [2.05, 4.69) is 31.3 Å². The summed E-state index contributed by atoms with van der Waals surface area (Å²) >= 11 is 0. The number of amides is 1. The van der Waals surface area contributed by atoms with Crippen LogP contribution in [0.4, 0.5) is 0 Å². The van der Waals surface area contributed by atoms with Crippen molar-refractivity contribution in [1.82, 2.24) is 5.32 Å². The Labute approximate surface area is 562 Å². The number of unbranched alkanes of at least 4 members (excludes halogenated alkanes) is 42. The molecule has 17 atom stereocenters. The summed E-state index contributed by atoms with van der Waals surface area (Å²) in [7, 11) is 0. The Morgan fingerprint density at radius 2 is 0.688 bits per heavy atom. The minimum absolute atomic E-state index is 0.241. The van der Waals surface area contributed by atoms with Gasteiger partial charge in [0.05, 0.1) is 38.6 Å². The minimum Gasteiger partial charge on any atom is -0.394 e. The van der Waals surface area contributed by atoms with Crippen molar-refractivity contribution in [3.8, 4) is 0 Å². The topological polar surface area (TPSA) is 307 Å². The molecule has 17 unspecified atom stereocenters. The zero-order valence-corrected chi connectivity index (χ0v) is 58.3. The standard InChI is InChI=1S/C74H139NO18/c1-3-5-7-9-11-13-15-17-18-19-20-21-22-23-24-25-26-27-28-29-30-31-32-33-34-35-36-37-38-40-42-44-46-48-50-52-62(80)75-57(58(79)51-49-47-45-43-41-39-16-14-12-10-8-6-4-2)56-88-72-68(86)65(83)70(60(54-77)90-72)93-74-69(87)66(84)71(61(55-78)91-74)92-73-67(85)64(82)63(81)59(53-76)89-73/h41,43,49,51,57-61,63-74,76-79,81-87H,3-40,42,44-48,50,52-56H2,1-2H3,(H,75,80)/b43-41+,51-49+. The lowest BCUT2D eigenvalue weighted by Crippen LogP contribution is -2.66. The summed E-state index contributed by atoms with van der Waals surface area (Å²) in [5.41, 5.74) is 0. The molecule has 0 bridgehead atoms. The van der Waals surface area contributed by atoms with Crippen molar-refractivity contribution in [3.63, 3.8) is 0 Å². The van der Waals surface area contributed by atoms with Crippen LogP contribution in [0.15, 0.2) is 24.3 Å². The molecule has 0 radical (unpaired) electrons. The van der Waals surface area contributed by atoms with Crippen LogP contribution in [0.2, 0.25) is 0 Å². The maximum Gasteiger partial charge on any atom is 0.220 e. The van der Waals surface area contributed by atoms with E-state index < -0.39 is 124 Å². The molecule has 19 heteroatoms. The number of hydrogen-bond acceptors (Lipinski definition) is 18. The molecule has 3 aliphatic rings. The summed E-state index contributed by atoms with van der Waals surface area (Å²) in [5.74, 6) is -0.280. The van der Waals surface area contributed by atoms with E-state index >= 15 is 0 Å². The van der Waals surface area contributed by atoms with E-state index in [1.54, 1.807) is 6.08 Å². The molecule has 93 heavy (non-hydrogen) atoms. The number of carbonyl (C=O) groups is 1. The largest absolute Gasteiger partial charge is 0.394 e. The van der Waals surface area contributed by atoms with Gasteiger partial charge in [0.25, 0.3) is 0 Å². The van der Waals surface area contributed by atoms with Crippen molar-refractivity contribution < 1.29 is 89.4 Å². The number of carbonyl (C=O) groups excluding carboxylic acids is 1. The Bertz CT molecular complexity index is 1780. The van der Waals surface area contributed by atoms with Gasteiger partial charge in [0, 0.05) is 6.42 Å². The molecule has 19 nitrogen and oxygen atoms in total. The highest BCUT2D eigenvalue weighted by atomic mass is 16.8. The molecular formula is C74H139NO18. The monoisotopic (exact) mass is 1330 g/mol. The lowest BCUT2D eigenvalue weighted by atomic mass is 9.96. The molecule has 0 aliphatic carbocycles. The van der Waals surface area contributed by atoms with E-state index in [1.807, 2.05) is 6.08 Å². The van der Waals surface area contributed by atoms with Crippen LogP contribution < -0.4 is 5.32 Å². The summed E-state index contributed by atoms with van der Waals surface area (Å²) in [5, 5.41) is 120. The van der Waals surface area contributed by atoms with Gasteiger partial charge in [-0.05, 0) is 32.1 Å². The van der Waals surface area contributed by atoms with E-state index in [-0.39, 0.29) is 18.9 Å². The van der Waals surface area contributed by atoms with Crippen LogP contribution in [0.5, 0.6) is 0 Å². The zero-order valence-electron chi connectivity index (χ0n) is 58.3. The first kappa shape index (κ1) is 85.5. The van der Waals surface area contributed by atoms with Gasteiger partial charge in [0.15, 0.2) is 18.9 Å². The predicted octanol–water partition coefficient (Wildman–Crippen LogP) is 11.4. The number of ether oxygens (including phenoxy) is 6. The molecule has 0 aromatic rings. The molecule has 0 saturated carbocycles. The van der Waals surface area contributed by atoms with Crippen molar-refractivity contribution >= 4 is 5.91 Å². The second-order valence-corrected chi connectivity index (χ2v) is 27.5. The van der Waals surface area contributed by atoms with Crippen molar-refractivity contribution in [3.05, 3.63) is 24.3 Å². The summed E-state index contributed by atoms with van der Waals surface area (Å²) in [6, 6.07) is -0.986. The highest BCUT2D eigenvalue weighted by Gasteiger charge is 2.53. The molecule has 3 rings (SSSR count). The van der Waals surface area contributed by atoms with E-state index in [0.717, 1.165) is 38.5 Å². The number of nitrogens with one attached hydrogen (secondary N) is 1. The first-order valence-corrected chi connectivity index (χ1v) is 38.1. The van der Waals surface area contributed by atoms with Gasteiger partial charge >= 0.3 is 0 Å². The smallest absolute Gasteiger partial charge is 0.220 e. The molecule has 0 spiro atoms. The van der Waals surface area contributed by atoms with Gasteiger partial charge in [0.1, 0.15) is 73.2 Å². The van der Waals surface area contributed by atoms with Crippen LogP contribution in [-0.4, -0.2) is 193 Å². The molecule has 3 aliphatic heterocycles. The fraction of sp³-hybridized carbons (Fsp3) is 0.932. The third kappa shape index (κ3) is 37.3. The third-order valence-corrected chi connectivity index (χ3v) is 19.3. The lowest BCUT2D eigenvalue weighted by Gasteiger charge is -2.48. The van der Waals surface area contributed by atoms with Gasteiger partial charge in [-0.2, -0.15) is 0 Å². The quantitative estimate of drug-likeness (QED) is 0.0199. The Morgan fingerprint density at radius 3 is 1.08 bits per heavy atom. The van der Waals surface area contributed by atoms with Gasteiger partial charge in [0.2, 0.25) is 5.91 Å². The number of rotatable bonds is 60. The van der Waals surface area contributed by atoms with E-state index in [1.165, 1.54) is 238 Å². The predicted molar refractivity (Wildman–Crippen MR) is 365 cm³/mol. The van der Waals surface area contributed by atoms with E-state index in [0.29, 0.717) is 12.8 Å². The average molecular weight is 1330 g/mol. The summed E-state index contributed by atoms with van der Waals surface area (Å²) in [4.78, 5) is 13.4. The maximum atomic E-state index is 13.4. The first-order valence-electron chi connectivity index (χ1n) is 38.1. The molecule has 0 aromatic heterocycles. The Kier molecular flexibility index (Phi) is 51.5. The highest BCUT2D eigenvalue weighted by Crippen LogP contribution is 2.33. The highest BCUT2D eigenvalue weighted by molar-refractivity contribution is 5.76. The van der Waals surface area contributed by atoms with Crippen LogP contribution >= 0.6 is 0 Å². The fourth-order valence-electron chi connectivity index (χ4n) is 13.1. The number of aliphatic hydroxyl groups is 11. The number of allylic oxidation sites excluding steroid dienone is 3. The van der Waals surface area contributed by atoms with Crippen molar-refractivity contribution in [2.75, 3.05) is 26.4 Å². The molecule has 3 fully saturated rings. The van der Waals surface area contributed by atoms with Crippen molar-refractivity contribution in [1.29, 1.82) is 0 Å². The fourth-order valence-corrected chi connectivity index (χ4v) is 13.1. The van der Waals surface area contributed by atoms with Crippen LogP contribution in [-0.2, 0) is 33.2 Å². The summed E-state index contributed by atoms with van der Waals surface area (Å²) in [6.45, 7) is 1.73. The normalized spacial score (nSPS) is 27.6. The Morgan fingerprint density at radius 1 is 0.376 bits per heavy atom. The molecule has 548 valence electrons. The van der Waals surface area contributed by atoms with Crippen molar-refractivity contribution in [2.45, 2.75) is 413 Å². The third-order valence-electron chi connectivity index (χ3n) is 19.3. The van der Waals surface area contributed by atoms with Gasteiger partial charge in [-0.3, -0.25) is 4.79 Å². The van der Waals surface area contributed by atoms with Crippen LogP contribution in [0, 0.1) is 0 Å². The van der Waals surface area contributed by atoms with Gasteiger partial charge < -0.3 is 89.9 Å². The second kappa shape index (κ2) is 56.1. The number of hydrogen-bond donors (Lipinski definition) is 12. The second-order valence-electron chi connectivity index (χ2n) is 27.5. The summed E-state index contributed by atoms with van der Waals surface area (Å²) in [6.07, 6.45) is 39.2. The van der Waals surface area contributed by atoms with Crippen LogP contribution in [0.3, 0.4) is 0 Å². The zero-order chi connectivity index (χ0) is 67.5. The molecule has 12 N–H and O–H groups in total. The van der Waals surface area contributed by atoms with E-state index in [9.17, 15) is 61.0 Å². The lowest BCUT2D eigenvalue weighted by molar-refractivity contribution is -0.379. The molecule has 1 amide bonds. The average Bonchev–Trinajstić information content (AvgIpc) is 1.62. The molecule has 3 heterocycles. The van der Waals surface area contributed by atoms with Crippen LogP contribution in [0.1, 0.15) is 309 Å². The van der Waals surface area contributed by atoms with Gasteiger partial charge in [-0.15, -0.1) is 0 Å². The minimum atomic E-state index is -1.98. The van der Waals surface area contributed by atoms with Crippen LogP contribution in [0.25, 0.3) is 0 Å².